The van der Waals surface area contributed by atoms with E-state index in [0.717, 1.165) is 0 Å². The van der Waals surface area contributed by atoms with Gasteiger partial charge in [-0.15, -0.1) is 0 Å². The SMILES string of the molecule is O=C(O)c1cc(NNC2C=CC(O)C(C(O)O)=C2)ccc1O. The van der Waals surface area contributed by atoms with Gasteiger partial charge in [0.25, 0.3) is 0 Å². The molecule has 0 bridgehead atoms. The van der Waals surface area contributed by atoms with Crippen molar-refractivity contribution in [3.63, 3.8) is 0 Å². The second-order valence-corrected chi connectivity index (χ2v) is 4.70. The second kappa shape index (κ2) is 6.58. The van der Waals surface area contributed by atoms with Gasteiger partial charge in [-0.2, -0.15) is 0 Å². The van der Waals surface area contributed by atoms with E-state index in [2.05, 4.69) is 10.9 Å². The van der Waals surface area contributed by atoms with Crippen molar-refractivity contribution in [1.82, 2.24) is 5.43 Å². The molecule has 2 unspecified atom stereocenters. The number of benzene rings is 1. The summed E-state index contributed by atoms with van der Waals surface area (Å²) in [7, 11) is 0. The first kappa shape index (κ1) is 16.0. The lowest BCUT2D eigenvalue weighted by Crippen LogP contribution is -2.35. The number of rotatable bonds is 5. The maximum Gasteiger partial charge on any atom is 0.339 e. The van der Waals surface area contributed by atoms with Crippen LogP contribution in [0.2, 0.25) is 0 Å². The van der Waals surface area contributed by atoms with Crippen molar-refractivity contribution in [3.05, 3.63) is 47.6 Å². The standard InChI is InChI=1S/C14H16N2O6/c17-11-3-1-7(5-9(11)13(19)20)15-16-8-2-4-12(18)10(6-8)14(21)22/h1-7,11,13,15-20H,(H,21,22). The molecule has 8 nitrogen and oxygen atoms in total. The van der Waals surface area contributed by atoms with Crippen LogP contribution in [0.3, 0.4) is 0 Å². The molecule has 1 aromatic rings. The number of carboxylic acid groups (broad SMARTS) is 1. The molecular formula is C14H16N2O6. The fourth-order valence-electron chi connectivity index (χ4n) is 1.98. The minimum atomic E-state index is -1.77. The molecular weight excluding hydrogens is 292 g/mol. The van der Waals surface area contributed by atoms with Crippen LogP contribution < -0.4 is 10.9 Å². The third-order valence-electron chi connectivity index (χ3n) is 3.12. The van der Waals surface area contributed by atoms with Gasteiger partial charge in [-0.25, -0.2) is 10.2 Å². The normalized spacial score (nSPS) is 20.8. The minimum absolute atomic E-state index is 0.0405. The van der Waals surface area contributed by atoms with Crippen LogP contribution in [0.5, 0.6) is 5.75 Å². The number of hydrogen-bond acceptors (Lipinski definition) is 7. The summed E-state index contributed by atoms with van der Waals surface area (Å²) in [4.78, 5) is 10.9. The number of aromatic hydroxyl groups is 1. The zero-order valence-corrected chi connectivity index (χ0v) is 11.3. The molecule has 0 spiro atoms. The van der Waals surface area contributed by atoms with E-state index in [1.165, 1.54) is 30.4 Å². The van der Waals surface area contributed by atoms with Crippen LogP contribution in [0.15, 0.2) is 42.0 Å². The lowest BCUT2D eigenvalue weighted by molar-refractivity contribution is -0.0209. The third kappa shape index (κ3) is 3.62. The van der Waals surface area contributed by atoms with Crippen LogP contribution >= 0.6 is 0 Å². The molecule has 0 fully saturated rings. The van der Waals surface area contributed by atoms with Crippen LogP contribution in [0.25, 0.3) is 0 Å². The first-order valence-corrected chi connectivity index (χ1v) is 6.40. The smallest absolute Gasteiger partial charge is 0.339 e. The van der Waals surface area contributed by atoms with Crippen molar-refractivity contribution < 1.29 is 30.3 Å². The topological polar surface area (TPSA) is 142 Å². The average molecular weight is 308 g/mol. The summed E-state index contributed by atoms with van der Waals surface area (Å²) < 4.78 is 0. The molecule has 0 radical (unpaired) electrons. The molecule has 1 aromatic carbocycles. The molecule has 2 rings (SSSR count). The van der Waals surface area contributed by atoms with Gasteiger partial charge in [0.05, 0.1) is 12.1 Å². The fourth-order valence-corrected chi connectivity index (χ4v) is 1.98. The van der Waals surface area contributed by atoms with Crippen LogP contribution in [0.4, 0.5) is 5.69 Å². The Morgan fingerprint density at radius 2 is 1.95 bits per heavy atom. The number of aromatic carboxylic acids is 1. The van der Waals surface area contributed by atoms with Gasteiger partial charge >= 0.3 is 5.97 Å². The average Bonchev–Trinajstić information content (AvgIpc) is 2.47. The van der Waals surface area contributed by atoms with E-state index >= 15 is 0 Å². The lowest BCUT2D eigenvalue weighted by Gasteiger charge is -2.23. The highest BCUT2D eigenvalue weighted by Gasteiger charge is 2.20. The van der Waals surface area contributed by atoms with E-state index in [0.29, 0.717) is 5.69 Å². The molecule has 118 valence electrons. The van der Waals surface area contributed by atoms with E-state index in [1.54, 1.807) is 6.08 Å². The predicted octanol–water partition coefficient (Wildman–Crippen LogP) is -0.457. The summed E-state index contributed by atoms with van der Waals surface area (Å²) in [6, 6.07) is 3.52. The summed E-state index contributed by atoms with van der Waals surface area (Å²) in [5.74, 6) is -1.60. The van der Waals surface area contributed by atoms with Gasteiger partial charge in [0.1, 0.15) is 11.3 Å². The Bertz CT molecular complexity index is 626. The van der Waals surface area contributed by atoms with Crippen molar-refractivity contribution in [2.45, 2.75) is 18.4 Å². The van der Waals surface area contributed by atoms with Crippen molar-refractivity contribution in [1.29, 1.82) is 0 Å². The van der Waals surface area contributed by atoms with Crippen LogP contribution in [-0.4, -0.2) is 49.9 Å². The van der Waals surface area contributed by atoms with Gasteiger partial charge in [0, 0.05) is 11.3 Å². The van der Waals surface area contributed by atoms with E-state index < -0.39 is 24.4 Å². The zero-order valence-electron chi connectivity index (χ0n) is 11.3. The summed E-state index contributed by atoms with van der Waals surface area (Å²) in [5, 5.41) is 46.1. The molecule has 8 heteroatoms. The Kier molecular flexibility index (Phi) is 4.78. The molecule has 1 aliphatic carbocycles. The van der Waals surface area contributed by atoms with Crippen molar-refractivity contribution in [3.8, 4) is 5.75 Å². The Labute approximate surface area is 125 Å². The first-order valence-electron chi connectivity index (χ1n) is 6.40. The van der Waals surface area contributed by atoms with Crippen LogP contribution in [0, 0.1) is 0 Å². The van der Waals surface area contributed by atoms with Crippen molar-refractivity contribution in [2.75, 3.05) is 5.43 Å². The Balaban J connectivity index is 2.06. The highest BCUT2D eigenvalue weighted by molar-refractivity contribution is 5.91. The minimum Gasteiger partial charge on any atom is -0.507 e. The summed E-state index contributed by atoms with van der Waals surface area (Å²) >= 11 is 0. The molecule has 0 saturated heterocycles. The van der Waals surface area contributed by atoms with Gasteiger partial charge in [0.2, 0.25) is 0 Å². The lowest BCUT2D eigenvalue weighted by atomic mass is 10.00. The molecule has 0 saturated carbocycles. The Morgan fingerprint density at radius 1 is 1.23 bits per heavy atom. The number of carboxylic acids is 1. The first-order chi connectivity index (χ1) is 10.4. The molecule has 22 heavy (non-hydrogen) atoms. The molecule has 0 amide bonds. The fraction of sp³-hybridized carbons (Fsp3) is 0.214. The number of aliphatic hydroxyl groups is 3. The maximum atomic E-state index is 10.9. The molecule has 0 heterocycles. The van der Waals surface area contributed by atoms with Gasteiger partial charge in [-0.3, -0.25) is 0 Å². The maximum absolute atomic E-state index is 10.9. The van der Waals surface area contributed by atoms with E-state index in [1.807, 2.05) is 0 Å². The highest BCUT2D eigenvalue weighted by atomic mass is 16.5. The predicted molar refractivity (Wildman–Crippen MR) is 77.1 cm³/mol. The van der Waals surface area contributed by atoms with E-state index in [-0.39, 0.29) is 16.9 Å². The quantitative estimate of drug-likeness (QED) is 0.168. The number of anilines is 1. The van der Waals surface area contributed by atoms with Gasteiger partial charge in [0.15, 0.2) is 6.29 Å². The number of carbonyl (C=O) groups is 1. The number of hydrazine groups is 1. The summed E-state index contributed by atoms with van der Waals surface area (Å²) in [5.41, 5.74) is 5.74. The molecule has 0 aliphatic heterocycles. The van der Waals surface area contributed by atoms with Gasteiger partial charge in [-0.1, -0.05) is 18.2 Å². The van der Waals surface area contributed by atoms with Crippen LogP contribution in [0.1, 0.15) is 10.4 Å². The molecule has 0 aromatic heterocycles. The number of aliphatic hydroxyl groups excluding tert-OH is 2. The molecule has 7 N–H and O–H groups in total. The Hall–Kier alpha value is -2.39. The summed E-state index contributed by atoms with van der Waals surface area (Å²) in [6.45, 7) is 0. The molecule has 1 aliphatic rings. The monoisotopic (exact) mass is 308 g/mol. The van der Waals surface area contributed by atoms with E-state index in [9.17, 15) is 15.0 Å². The van der Waals surface area contributed by atoms with Crippen LogP contribution in [-0.2, 0) is 0 Å². The third-order valence-corrected chi connectivity index (χ3v) is 3.12. The summed E-state index contributed by atoms with van der Waals surface area (Å²) in [6.07, 6.45) is 1.60. The highest BCUT2D eigenvalue weighted by Crippen LogP contribution is 2.21. The van der Waals surface area contributed by atoms with Crippen molar-refractivity contribution in [2.24, 2.45) is 0 Å². The van der Waals surface area contributed by atoms with E-state index in [4.69, 9.17) is 15.3 Å². The largest absolute Gasteiger partial charge is 0.507 e. The Morgan fingerprint density at radius 3 is 2.59 bits per heavy atom. The zero-order chi connectivity index (χ0) is 16.3. The number of nitrogens with one attached hydrogen (secondary N) is 2. The number of hydrogen-bond donors (Lipinski definition) is 7. The second-order valence-electron chi connectivity index (χ2n) is 4.70. The van der Waals surface area contributed by atoms with Gasteiger partial charge in [-0.05, 0) is 18.2 Å². The van der Waals surface area contributed by atoms with Crippen molar-refractivity contribution >= 4 is 11.7 Å². The van der Waals surface area contributed by atoms with Gasteiger partial charge < -0.3 is 31.0 Å². The molecule has 2 atom stereocenters. The number of phenols is 1.